The highest BCUT2D eigenvalue weighted by Crippen LogP contribution is 2.38. The minimum atomic E-state index is 0.238. The SMILES string of the molecule is O=C(c1csc(Br)c1)N1C2CCC1CC2. The van der Waals surface area contributed by atoms with E-state index >= 15 is 0 Å². The summed E-state index contributed by atoms with van der Waals surface area (Å²) in [6, 6.07) is 2.99. The second-order valence-electron chi connectivity index (χ2n) is 4.31. The van der Waals surface area contributed by atoms with E-state index in [1.807, 2.05) is 11.4 Å². The van der Waals surface area contributed by atoms with Gasteiger partial charge in [0.1, 0.15) is 0 Å². The van der Waals surface area contributed by atoms with Crippen LogP contribution >= 0.6 is 27.3 Å². The molecule has 2 fully saturated rings. The lowest BCUT2D eigenvalue weighted by atomic mass is 10.0. The first kappa shape index (κ1) is 9.85. The fourth-order valence-corrected chi connectivity index (χ4v) is 3.95. The zero-order valence-corrected chi connectivity index (χ0v) is 10.7. The van der Waals surface area contributed by atoms with Gasteiger partial charge in [-0.3, -0.25) is 4.79 Å². The maximum atomic E-state index is 12.2. The molecule has 4 heteroatoms. The van der Waals surface area contributed by atoms with Crippen molar-refractivity contribution < 1.29 is 4.79 Å². The lowest BCUT2D eigenvalue weighted by molar-refractivity contribution is 0.0730. The van der Waals surface area contributed by atoms with Gasteiger partial charge < -0.3 is 4.90 Å². The summed E-state index contributed by atoms with van der Waals surface area (Å²) in [6.07, 6.45) is 4.84. The van der Waals surface area contributed by atoms with Gasteiger partial charge in [-0.25, -0.2) is 0 Å². The molecule has 0 unspecified atom stereocenters. The molecule has 0 saturated carbocycles. The number of fused-ring (bicyclic) bond motifs is 2. The summed E-state index contributed by atoms with van der Waals surface area (Å²) in [5.41, 5.74) is 0.852. The quantitative estimate of drug-likeness (QED) is 0.776. The number of hydrogen-bond acceptors (Lipinski definition) is 2. The van der Waals surface area contributed by atoms with Gasteiger partial charge in [-0.1, -0.05) is 0 Å². The lowest BCUT2D eigenvalue weighted by Gasteiger charge is -2.21. The molecule has 2 aliphatic rings. The van der Waals surface area contributed by atoms with Crippen molar-refractivity contribution in [3.05, 3.63) is 20.8 Å². The molecular formula is C11H12BrNOS. The van der Waals surface area contributed by atoms with Crippen molar-refractivity contribution in [3.8, 4) is 0 Å². The maximum absolute atomic E-state index is 12.2. The molecule has 2 aliphatic heterocycles. The number of rotatable bonds is 1. The predicted molar refractivity (Wildman–Crippen MR) is 64.2 cm³/mol. The van der Waals surface area contributed by atoms with E-state index in [0.29, 0.717) is 12.1 Å². The Morgan fingerprint density at radius 2 is 1.93 bits per heavy atom. The van der Waals surface area contributed by atoms with Gasteiger partial charge in [0.25, 0.3) is 5.91 Å². The highest BCUT2D eigenvalue weighted by Gasteiger charge is 2.42. The van der Waals surface area contributed by atoms with E-state index in [9.17, 15) is 4.79 Å². The minimum Gasteiger partial charge on any atom is -0.333 e. The first-order chi connectivity index (χ1) is 7.25. The van der Waals surface area contributed by atoms with Crippen molar-refractivity contribution in [1.29, 1.82) is 0 Å². The monoisotopic (exact) mass is 285 g/mol. The molecule has 15 heavy (non-hydrogen) atoms. The van der Waals surface area contributed by atoms with Crippen LogP contribution in [-0.4, -0.2) is 22.9 Å². The summed E-state index contributed by atoms with van der Waals surface area (Å²) >= 11 is 4.99. The van der Waals surface area contributed by atoms with Crippen molar-refractivity contribution in [3.63, 3.8) is 0 Å². The van der Waals surface area contributed by atoms with Gasteiger partial charge in [0, 0.05) is 17.5 Å². The van der Waals surface area contributed by atoms with E-state index in [1.165, 1.54) is 25.7 Å². The van der Waals surface area contributed by atoms with Gasteiger partial charge in [0.2, 0.25) is 0 Å². The van der Waals surface area contributed by atoms with Crippen molar-refractivity contribution >= 4 is 33.2 Å². The van der Waals surface area contributed by atoms with E-state index in [1.54, 1.807) is 11.3 Å². The molecule has 1 aromatic heterocycles. The average molecular weight is 286 g/mol. The van der Waals surface area contributed by atoms with E-state index in [2.05, 4.69) is 20.8 Å². The van der Waals surface area contributed by atoms with Gasteiger partial charge in [-0.15, -0.1) is 11.3 Å². The Bertz CT molecular complexity index is 383. The van der Waals surface area contributed by atoms with E-state index in [-0.39, 0.29) is 5.91 Å². The van der Waals surface area contributed by atoms with Gasteiger partial charge in [-0.05, 0) is 47.7 Å². The Labute approximate surface area is 101 Å². The number of carbonyl (C=O) groups is 1. The summed E-state index contributed by atoms with van der Waals surface area (Å²) < 4.78 is 1.04. The van der Waals surface area contributed by atoms with Crippen LogP contribution in [0.2, 0.25) is 0 Å². The molecule has 0 atom stereocenters. The van der Waals surface area contributed by atoms with Crippen LogP contribution in [0.3, 0.4) is 0 Å². The zero-order valence-electron chi connectivity index (χ0n) is 8.28. The molecule has 1 amide bonds. The minimum absolute atomic E-state index is 0.238. The Hall–Kier alpha value is -0.350. The third kappa shape index (κ3) is 1.54. The summed E-state index contributed by atoms with van der Waals surface area (Å²) in [7, 11) is 0. The third-order valence-corrected chi connectivity index (χ3v) is 5.01. The lowest BCUT2D eigenvalue weighted by Crippen LogP contribution is -2.34. The van der Waals surface area contributed by atoms with Crippen LogP contribution in [0.5, 0.6) is 0 Å². The Morgan fingerprint density at radius 1 is 1.33 bits per heavy atom. The van der Waals surface area contributed by atoms with Gasteiger partial charge in [0.15, 0.2) is 0 Å². The van der Waals surface area contributed by atoms with Crippen molar-refractivity contribution in [2.24, 2.45) is 0 Å². The topological polar surface area (TPSA) is 20.3 Å². The standard InChI is InChI=1S/C11H12BrNOS/c12-10-5-7(6-15-10)11(14)13-8-1-2-9(13)4-3-8/h5-6,8-9H,1-4H2. The van der Waals surface area contributed by atoms with Crippen LogP contribution in [-0.2, 0) is 0 Å². The largest absolute Gasteiger partial charge is 0.333 e. The molecule has 0 radical (unpaired) electrons. The predicted octanol–water partition coefficient (Wildman–Crippen LogP) is 3.28. The molecule has 0 aliphatic carbocycles. The highest BCUT2D eigenvalue weighted by molar-refractivity contribution is 9.11. The molecule has 0 spiro atoms. The average Bonchev–Trinajstić information content (AvgIpc) is 2.91. The van der Waals surface area contributed by atoms with Crippen LogP contribution in [0.15, 0.2) is 15.2 Å². The molecule has 3 rings (SSSR count). The van der Waals surface area contributed by atoms with Crippen LogP contribution in [0.1, 0.15) is 36.0 Å². The second kappa shape index (κ2) is 3.59. The number of halogens is 1. The zero-order chi connectivity index (χ0) is 10.4. The summed E-state index contributed by atoms with van der Waals surface area (Å²) in [5, 5.41) is 1.95. The number of carbonyl (C=O) groups excluding carboxylic acids is 1. The highest BCUT2D eigenvalue weighted by atomic mass is 79.9. The van der Waals surface area contributed by atoms with Crippen molar-refractivity contribution in [1.82, 2.24) is 4.90 Å². The fraction of sp³-hybridized carbons (Fsp3) is 0.545. The molecule has 80 valence electrons. The van der Waals surface area contributed by atoms with Crippen LogP contribution in [0, 0.1) is 0 Å². The Morgan fingerprint density at radius 3 is 2.40 bits per heavy atom. The van der Waals surface area contributed by atoms with E-state index in [4.69, 9.17) is 0 Å². The summed E-state index contributed by atoms with van der Waals surface area (Å²) in [4.78, 5) is 14.4. The van der Waals surface area contributed by atoms with Gasteiger partial charge in [-0.2, -0.15) is 0 Å². The van der Waals surface area contributed by atoms with Crippen LogP contribution in [0.25, 0.3) is 0 Å². The molecule has 1 aromatic rings. The van der Waals surface area contributed by atoms with Crippen molar-refractivity contribution in [2.75, 3.05) is 0 Å². The first-order valence-corrected chi connectivity index (χ1v) is 6.99. The molecule has 0 N–H and O–H groups in total. The fourth-order valence-electron chi connectivity index (χ4n) is 2.82. The summed E-state index contributed by atoms with van der Waals surface area (Å²) in [6.45, 7) is 0. The Kier molecular flexibility index (Phi) is 2.36. The molecule has 2 bridgehead atoms. The molecule has 2 nitrogen and oxygen atoms in total. The molecular weight excluding hydrogens is 274 g/mol. The summed E-state index contributed by atoms with van der Waals surface area (Å²) in [5.74, 6) is 0.238. The van der Waals surface area contributed by atoms with E-state index in [0.717, 1.165) is 9.35 Å². The normalized spacial score (nSPS) is 28.7. The number of nitrogens with zero attached hydrogens (tertiary/aromatic N) is 1. The molecule has 2 saturated heterocycles. The van der Waals surface area contributed by atoms with Gasteiger partial charge >= 0.3 is 0 Å². The van der Waals surface area contributed by atoms with Gasteiger partial charge in [0.05, 0.1) is 9.35 Å². The number of hydrogen-bond donors (Lipinski definition) is 0. The second-order valence-corrected chi connectivity index (χ2v) is 6.60. The third-order valence-electron chi connectivity index (χ3n) is 3.50. The Balaban J connectivity index is 1.86. The first-order valence-electron chi connectivity index (χ1n) is 5.32. The van der Waals surface area contributed by atoms with Crippen molar-refractivity contribution in [2.45, 2.75) is 37.8 Å². The maximum Gasteiger partial charge on any atom is 0.255 e. The smallest absolute Gasteiger partial charge is 0.255 e. The number of amides is 1. The van der Waals surface area contributed by atoms with Crippen LogP contribution in [0.4, 0.5) is 0 Å². The van der Waals surface area contributed by atoms with Crippen LogP contribution < -0.4 is 0 Å². The number of thiophene rings is 1. The molecule has 3 heterocycles. The molecule has 0 aromatic carbocycles. The van der Waals surface area contributed by atoms with E-state index < -0.39 is 0 Å².